The Morgan fingerprint density at radius 1 is 0.435 bits per heavy atom. The number of esters is 1. The molecule has 0 radical (unpaired) electrons. The second kappa shape index (κ2) is 68.1. The van der Waals surface area contributed by atoms with Gasteiger partial charge in [0.05, 0.1) is 25.4 Å². The Hall–Kier alpha value is -2.90. The number of amides is 1. The molecule has 1 aliphatic rings. The van der Waals surface area contributed by atoms with E-state index in [9.17, 15) is 35.1 Å². The van der Waals surface area contributed by atoms with Crippen LogP contribution in [-0.4, -0.2) is 99.6 Å². The van der Waals surface area contributed by atoms with E-state index in [1.807, 2.05) is 6.08 Å². The number of carbonyl (C=O) groups is 2. The number of hydrogen-bond donors (Lipinski definition) is 6. The van der Waals surface area contributed by atoms with Crippen molar-refractivity contribution in [1.29, 1.82) is 0 Å². The minimum absolute atomic E-state index is 0.127. The molecule has 1 saturated heterocycles. The molecule has 0 aliphatic carbocycles. The van der Waals surface area contributed by atoms with E-state index in [1.54, 1.807) is 6.08 Å². The minimum Gasteiger partial charge on any atom is -0.454 e. The normalized spacial score (nSPS) is 18.3. The van der Waals surface area contributed by atoms with Crippen molar-refractivity contribution in [3.8, 4) is 0 Å². The molecule has 0 saturated carbocycles. The van der Waals surface area contributed by atoms with Gasteiger partial charge in [-0.25, -0.2) is 0 Å². The number of allylic oxidation sites excluding steroid dienone is 11. The van der Waals surface area contributed by atoms with Crippen LogP contribution >= 0.6 is 0 Å². The zero-order valence-corrected chi connectivity index (χ0v) is 59.9. The average molecular weight is 1300 g/mol. The van der Waals surface area contributed by atoms with E-state index in [1.165, 1.54) is 225 Å². The second-order valence-corrected chi connectivity index (χ2v) is 27.1. The van der Waals surface area contributed by atoms with Crippen LogP contribution in [0.15, 0.2) is 72.9 Å². The smallest absolute Gasteiger partial charge is 0.306 e. The van der Waals surface area contributed by atoms with Gasteiger partial charge in [0.1, 0.15) is 24.4 Å². The molecule has 8 unspecified atom stereocenters. The third-order valence-electron chi connectivity index (χ3n) is 18.4. The average Bonchev–Trinajstić information content (AvgIpc) is 0.881. The summed E-state index contributed by atoms with van der Waals surface area (Å²) < 4.78 is 17.8. The molecule has 1 aliphatic heterocycles. The Morgan fingerprint density at radius 2 is 0.783 bits per heavy atom. The van der Waals surface area contributed by atoms with Crippen molar-refractivity contribution in [2.75, 3.05) is 13.2 Å². The highest BCUT2D eigenvalue weighted by Crippen LogP contribution is 2.27. The van der Waals surface area contributed by atoms with Gasteiger partial charge in [-0.15, -0.1) is 0 Å². The molecule has 1 heterocycles. The number of nitrogens with one attached hydrogen (secondary N) is 1. The molecule has 8 atom stereocenters. The minimum atomic E-state index is -1.61. The van der Waals surface area contributed by atoms with Gasteiger partial charge in [0, 0.05) is 6.42 Å². The van der Waals surface area contributed by atoms with Crippen molar-refractivity contribution >= 4 is 11.9 Å². The fourth-order valence-electron chi connectivity index (χ4n) is 12.3. The maximum atomic E-state index is 13.5. The van der Waals surface area contributed by atoms with Gasteiger partial charge >= 0.3 is 5.97 Å². The summed E-state index contributed by atoms with van der Waals surface area (Å²) in [5.74, 6) is -1.18. The summed E-state index contributed by atoms with van der Waals surface area (Å²) >= 11 is 0. The molecule has 1 rings (SSSR count). The van der Waals surface area contributed by atoms with Crippen LogP contribution in [0.1, 0.15) is 367 Å². The lowest BCUT2D eigenvalue weighted by Crippen LogP contribution is -2.61. The van der Waals surface area contributed by atoms with Crippen molar-refractivity contribution in [3.63, 3.8) is 0 Å². The Labute approximate surface area is 566 Å². The van der Waals surface area contributed by atoms with Crippen LogP contribution in [0.3, 0.4) is 0 Å². The lowest BCUT2D eigenvalue weighted by molar-refractivity contribution is -0.305. The highest BCUT2D eigenvalue weighted by atomic mass is 16.7. The van der Waals surface area contributed by atoms with E-state index in [0.29, 0.717) is 12.8 Å². The van der Waals surface area contributed by atoms with Crippen molar-refractivity contribution in [2.45, 2.75) is 416 Å². The molecular weight excluding hydrogens is 1150 g/mol. The zero-order valence-electron chi connectivity index (χ0n) is 59.9. The van der Waals surface area contributed by atoms with Crippen molar-refractivity contribution in [3.05, 3.63) is 72.9 Å². The van der Waals surface area contributed by atoms with E-state index in [-0.39, 0.29) is 19.4 Å². The number of rotatable bonds is 68. The standard InChI is InChI=1S/C81H147NO10/c1-4-7-10-13-16-19-22-25-27-29-31-33-35-37-39-40-42-44-46-48-50-53-56-59-62-65-68-74(85)80(89)82-72(73(84)67-64-61-58-55-52-24-21-18-15-12-9-6-3)71-90-81-79(78(88)77(87)75(70-83)91-81)92-76(86)69-66-63-60-57-54-51-49-47-45-43-41-38-36-34-32-30-28-26-23-20-17-14-11-8-5-2/h7,10,16,19,25,27,31,33,37,39,64,67,72-75,77-79,81,83-85,87-88H,4-6,8-9,11-15,17-18,20-24,26,28-30,32,34-36,38,40-63,65-66,68-71H2,1-3H3,(H,82,89)/b10-7-,19-16-,27-25-,33-31-,39-37-,67-64+. The molecule has 1 amide bonds. The Morgan fingerprint density at radius 3 is 1.17 bits per heavy atom. The van der Waals surface area contributed by atoms with Crippen LogP contribution in [0.4, 0.5) is 0 Å². The van der Waals surface area contributed by atoms with Crippen molar-refractivity contribution < 1.29 is 49.3 Å². The van der Waals surface area contributed by atoms with Gasteiger partial charge in [0.2, 0.25) is 5.91 Å². The lowest BCUT2D eigenvalue weighted by Gasteiger charge is -2.41. The van der Waals surface area contributed by atoms with E-state index in [2.05, 4.69) is 86.8 Å². The molecule has 11 nitrogen and oxygen atoms in total. The SMILES string of the molecule is CC/C=C\C/C=C\C/C=C\C/C=C\C/C=C\CCCCCCCCCCCCC(O)C(=O)NC(COC1OC(CO)C(O)C(O)C1OC(=O)CCCCCCCCCCCCCCCCCCCCCCCCCCC)C(O)/C=C/CCCCCCCCCCCC. The summed E-state index contributed by atoms with van der Waals surface area (Å²) in [6, 6.07) is -1.03. The first-order chi connectivity index (χ1) is 45.2. The van der Waals surface area contributed by atoms with E-state index in [0.717, 1.165) is 96.3 Å². The van der Waals surface area contributed by atoms with E-state index >= 15 is 0 Å². The third-order valence-corrected chi connectivity index (χ3v) is 18.4. The Balaban J connectivity index is 2.50. The first-order valence-corrected chi connectivity index (χ1v) is 39.2. The number of hydrogen-bond acceptors (Lipinski definition) is 10. The highest BCUT2D eigenvalue weighted by molar-refractivity contribution is 5.80. The fraction of sp³-hybridized carbons (Fsp3) is 0.827. The maximum Gasteiger partial charge on any atom is 0.306 e. The second-order valence-electron chi connectivity index (χ2n) is 27.1. The van der Waals surface area contributed by atoms with Gasteiger partial charge in [-0.05, 0) is 70.6 Å². The summed E-state index contributed by atoms with van der Waals surface area (Å²) in [7, 11) is 0. The van der Waals surface area contributed by atoms with Gasteiger partial charge in [-0.1, -0.05) is 363 Å². The van der Waals surface area contributed by atoms with Crippen LogP contribution in [-0.2, 0) is 23.8 Å². The quantitative estimate of drug-likeness (QED) is 0.0195. The Kier molecular flexibility index (Phi) is 64.4. The summed E-state index contributed by atoms with van der Waals surface area (Å²) in [5.41, 5.74) is 0. The van der Waals surface area contributed by atoms with Gasteiger partial charge in [0.25, 0.3) is 0 Å². The molecule has 0 aromatic rings. The van der Waals surface area contributed by atoms with Crippen LogP contribution in [0.25, 0.3) is 0 Å². The Bertz CT molecular complexity index is 1780. The summed E-state index contributed by atoms with van der Waals surface area (Å²) in [6.45, 7) is 5.73. The number of carbonyl (C=O) groups excluding carboxylic acids is 2. The molecule has 536 valence electrons. The third kappa shape index (κ3) is 54.2. The predicted octanol–water partition coefficient (Wildman–Crippen LogP) is 21.0. The zero-order chi connectivity index (χ0) is 66.7. The van der Waals surface area contributed by atoms with E-state index < -0.39 is 67.4 Å². The molecule has 92 heavy (non-hydrogen) atoms. The predicted molar refractivity (Wildman–Crippen MR) is 389 cm³/mol. The topological polar surface area (TPSA) is 175 Å². The van der Waals surface area contributed by atoms with Gasteiger partial charge in [-0.2, -0.15) is 0 Å². The lowest BCUT2D eigenvalue weighted by atomic mass is 9.99. The van der Waals surface area contributed by atoms with Crippen molar-refractivity contribution in [2.24, 2.45) is 0 Å². The molecule has 0 aromatic heterocycles. The molecule has 1 fully saturated rings. The first kappa shape index (κ1) is 87.1. The molecule has 0 aromatic carbocycles. The van der Waals surface area contributed by atoms with Crippen molar-refractivity contribution in [1.82, 2.24) is 5.32 Å². The van der Waals surface area contributed by atoms with Gasteiger partial charge in [0.15, 0.2) is 12.4 Å². The van der Waals surface area contributed by atoms with E-state index in [4.69, 9.17) is 14.2 Å². The number of unbranched alkanes of at least 4 members (excludes halogenated alkanes) is 44. The van der Waals surface area contributed by atoms with Crippen LogP contribution in [0, 0.1) is 0 Å². The molecule has 0 spiro atoms. The first-order valence-electron chi connectivity index (χ1n) is 39.2. The molecule has 0 bridgehead atoms. The van der Waals surface area contributed by atoms with Crippen LogP contribution in [0.5, 0.6) is 0 Å². The summed E-state index contributed by atoms with van der Waals surface area (Å²) in [5, 5.41) is 57.4. The largest absolute Gasteiger partial charge is 0.454 e. The summed E-state index contributed by atoms with van der Waals surface area (Å²) in [4.78, 5) is 26.8. The fourth-order valence-corrected chi connectivity index (χ4v) is 12.3. The van der Waals surface area contributed by atoms with Crippen LogP contribution in [0.2, 0.25) is 0 Å². The highest BCUT2D eigenvalue weighted by Gasteiger charge is 2.47. The maximum absolute atomic E-state index is 13.5. The van der Waals surface area contributed by atoms with Gasteiger partial charge < -0.3 is 45.1 Å². The number of aliphatic hydroxyl groups excluding tert-OH is 5. The number of aliphatic hydroxyl groups is 5. The monoisotopic (exact) mass is 1290 g/mol. The van der Waals surface area contributed by atoms with Crippen LogP contribution < -0.4 is 5.32 Å². The number of ether oxygens (including phenoxy) is 3. The van der Waals surface area contributed by atoms with Gasteiger partial charge in [-0.3, -0.25) is 9.59 Å². The summed E-state index contributed by atoms with van der Waals surface area (Å²) in [6.07, 6.45) is 79.6. The molecule has 11 heteroatoms. The molecular formula is C81H147NO10. The molecule has 6 N–H and O–H groups in total.